The molecule has 4 rings (SSSR count). The van der Waals surface area contributed by atoms with Crippen LogP contribution in [0.3, 0.4) is 0 Å². The molecule has 1 aliphatic carbocycles. The molecule has 7 heteroatoms. The summed E-state index contributed by atoms with van der Waals surface area (Å²) in [7, 11) is 0. The molecule has 3 aromatic rings. The third-order valence-electron chi connectivity index (χ3n) is 8.22. The SMILES string of the molecule is CC(C)OC(=O)CCC/C=C\C[C@@H]1[C@@H](/C=C/C(O)CCc2ccccc2)[C@H](OC(=O)c2ccccc2)C[C@@H]1OC(=O)c1ccccc1. The fourth-order valence-electron chi connectivity index (χ4n) is 5.85. The van der Waals surface area contributed by atoms with Crippen molar-refractivity contribution in [3.63, 3.8) is 0 Å². The normalized spacial score (nSPS) is 20.0. The quantitative estimate of drug-likeness (QED) is 0.0743. The van der Waals surface area contributed by atoms with Crippen LogP contribution in [0, 0.1) is 11.8 Å². The highest BCUT2D eigenvalue weighted by Crippen LogP contribution is 2.41. The van der Waals surface area contributed by atoms with Gasteiger partial charge in [-0.2, -0.15) is 0 Å². The second-order valence-electron chi connectivity index (χ2n) is 12.2. The van der Waals surface area contributed by atoms with Crippen LogP contribution in [0.1, 0.15) is 78.7 Å². The zero-order valence-electron chi connectivity index (χ0n) is 27.3. The second kappa shape index (κ2) is 18.6. The van der Waals surface area contributed by atoms with Crippen LogP contribution in [0.5, 0.6) is 0 Å². The number of hydrogen-bond donors (Lipinski definition) is 1. The van der Waals surface area contributed by atoms with Gasteiger partial charge in [0.05, 0.1) is 23.3 Å². The highest BCUT2D eigenvalue weighted by atomic mass is 16.6. The maximum Gasteiger partial charge on any atom is 0.338 e. The first-order valence-corrected chi connectivity index (χ1v) is 16.6. The van der Waals surface area contributed by atoms with Crippen molar-refractivity contribution in [2.24, 2.45) is 11.8 Å². The van der Waals surface area contributed by atoms with E-state index in [1.165, 1.54) is 0 Å². The van der Waals surface area contributed by atoms with Crippen LogP contribution >= 0.6 is 0 Å². The molecule has 1 unspecified atom stereocenters. The van der Waals surface area contributed by atoms with Crippen molar-refractivity contribution in [2.75, 3.05) is 0 Å². The van der Waals surface area contributed by atoms with Crippen molar-refractivity contribution in [1.82, 2.24) is 0 Å². The van der Waals surface area contributed by atoms with Gasteiger partial charge < -0.3 is 19.3 Å². The van der Waals surface area contributed by atoms with Crippen molar-refractivity contribution >= 4 is 17.9 Å². The fraction of sp³-hybridized carbons (Fsp3) is 0.375. The summed E-state index contributed by atoms with van der Waals surface area (Å²) in [5, 5.41) is 10.9. The van der Waals surface area contributed by atoms with Crippen molar-refractivity contribution < 1.29 is 33.7 Å². The zero-order valence-corrected chi connectivity index (χ0v) is 27.3. The Labute approximate surface area is 278 Å². The number of unbranched alkanes of at least 4 members (excludes halogenated alkanes) is 1. The molecule has 0 aromatic heterocycles. The van der Waals surface area contributed by atoms with Crippen LogP contribution in [0.15, 0.2) is 115 Å². The Hall–Kier alpha value is -4.49. The molecule has 0 aliphatic heterocycles. The summed E-state index contributed by atoms with van der Waals surface area (Å²) in [6.07, 6.45) is 9.66. The molecule has 5 atom stereocenters. The van der Waals surface area contributed by atoms with Gasteiger partial charge in [-0.15, -0.1) is 0 Å². The van der Waals surface area contributed by atoms with Gasteiger partial charge in [-0.3, -0.25) is 4.79 Å². The minimum absolute atomic E-state index is 0.137. The second-order valence-corrected chi connectivity index (χ2v) is 12.2. The Kier molecular flexibility index (Phi) is 14.0. The summed E-state index contributed by atoms with van der Waals surface area (Å²) in [6, 6.07) is 27.7. The topological polar surface area (TPSA) is 99.1 Å². The summed E-state index contributed by atoms with van der Waals surface area (Å²) in [4.78, 5) is 38.3. The molecule has 1 saturated carbocycles. The molecule has 7 nitrogen and oxygen atoms in total. The lowest BCUT2D eigenvalue weighted by atomic mass is 9.89. The van der Waals surface area contributed by atoms with E-state index >= 15 is 0 Å². The summed E-state index contributed by atoms with van der Waals surface area (Å²) in [5.74, 6) is -1.62. The molecule has 0 heterocycles. The monoisotopic (exact) mass is 638 g/mol. The Bertz CT molecular complexity index is 1450. The molecular weight excluding hydrogens is 592 g/mol. The predicted molar refractivity (Wildman–Crippen MR) is 182 cm³/mol. The molecule has 47 heavy (non-hydrogen) atoms. The van der Waals surface area contributed by atoms with E-state index in [0.29, 0.717) is 49.7 Å². The molecular formula is C40H46O7. The first-order valence-electron chi connectivity index (χ1n) is 16.6. The van der Waals surface area contributed by atoms with Crippen molar-refractivity contribution in [2.45, 2.75) is 83.2 Å². The van der Waals surface area contributed by atoms with E-state index in [2.05, 4.69) is 0 Å². The fourth-order valence-corrected chi connectivity index (χ4v) is 5.85. The van der Waals surface area contributed by atoms with E-state index < -0.39 is 30.3 Å². The van der Waals surface area contributed by atoms with Gasteiger partial charge in [-0.05, 0) is 75.8 Å². The smallest absolute Gasteiger partial charge is 0.338 e. The number of aryl methyl sites for hydroxylation is 1. The van der Waals surface area contributed by atoms with E-state index in [1.54, 1.807) is 54.6 Å². The molecule has 1 aliphatic rings. The first kappa shape index (κ1) is 35.4. The van der Waals surface area contributed by atoms with Crippen LogP contribution in [0.25, 0.3) is 0 Å². The molecule has 0 amide bonds. The lowest BCUT2D eigenvalue weighted by Crippen LogP contribution is -2.26. The largest absolute Gasteiger partial charge is 0.463 e. The van der Waals surface area contributed by atoms with Gasteiger partial charge in [0.1, 0.15) is 12.2 Å². The molecule has 1 fully saturated rings. The van der Waals surface area contributed by atoms with Gasteiger partial charge in [0, 0.05) is 24.7 Å². The van der Waals surface area contributed by atoms with E-state index in [1.807, 2.05) is 74.5 Å². The van der Waals surface area contributed by atoms with Crippen LogP contribution in [-0.2, 0) is 25.4 Å². The van der Waals surface area contributed by atoms with E-state index in [4.69, 9.17) is 14.2 Å². The van der Waals surface area contributed by atoms with E-state index in [9.17, 15) is 19.5 Å². The van der Waals surface area contributed by atoms with E-state index in [0.717, 1.165) is 12.0 Å². The molecule has 0 saturated heterocycles. The summed E-state index contributed by atoms with van der Waals surface area (Å²) >= 11 is 0. The summed E-state index contributed by atoms with van der Waals surface area (Å²) < 4.78 is 17.4. The standard InChI is InChI=1S/C40H46O7/c1-29(2)45-38(42)23-15-4-3-14-22-34-35(27-26-33(41)25-24-30-16-8-5-9-17-30)37(47-40(44)32-20-12-7-13-21-32)28-36(34)46-39(43)31-18-10-6-11-19-31/h3,5-14,16-21,26-27,29,33-37,41H,4,15,22-25,28H2,1-2H3/b14-3-,27-26+/t33?,34-,35-,36+,37-/m1/s1. The Balaban J connectivity index is 1.52. The van der Waals surface area contributed by atoms with Crippen LogP contribution in [0.2, 0.25) is 0 Å². The molecule has 0 spiro atoms. The van der Waals surface area contributed by atoms with Gasteiger partial charge in [0.15, 0.2) is 0 Å². The van der Waals surface area contributed by atoms with Gasteiger partial charge in [0.25, 0.3) is 0 Å². The number of ether oxygens (including phenoxy) is 3. The number of rotatable bonds is 16. The Morgan fingerprint density at radius 3 is 1.98 bits per heavy atom. The number of aliphatic hydroxyl groups excluding tert-OH is 1. The zero-order chi connectivity index (χ0) is 33.4. The molecule has 3 aromatic carbocycles. The maximum atomic E-state index is 13.2. The average molecular weight is 639 g/mol. The third-order valence-corrected chi connectivity index (χ3v) is 8.22. The number of carbonyl (C=O) groups excluding carboxylic acids is 3. The number of benzene rings is 3. The maximum absolute atomic E-state index is 13.2. The highest BCUT2D eigenvalue weighted by molar-refractivity contribution is 5.90. The third kappa shape index (κ3) is 11.7. The highest BCUT2D eigenvalue weighted by Gasteiger charge is 2.45. The molecule has 0 bridgehead atoms. The minimum atomic E-state index is -0.701. The number of esters is 3. The van der Waals surface area contributed by atoms with Crippen molar-refractivity contribution in [3.05, 3.63) is 132 Å². The van der Waals surface area contributed by atoms with Crippen LogP contribution in [-0.4, -0.2) is 47.4 Å². The molecule has 0 radical (unpaired) electrons. The predicted octanol–water partition coefficient (Wildman–Crippen LogP) is 7.69. The van der Waals surface area contributed by atoms with Gasteiger partial charge in [-0.1, -0.05) is 91.0 Å². The van der Waals surface area contributed by atoms with E-state index in [-0.39, 0.29) is 23.9 Å². The van der Waals surface area contributed by atoms with Gasteiger partial charge in [0.2, 0.25) is 0 Å². The summed E-state index contributed by atoms with van der Waals surface area (Å²) in [5.41, 5.74) is 2.03. The lowest BCUT2D eigenvalue weighted by Gasteiger charge is -2.24. The first-order chi connectivity index (χ1) is 22.8. The number of aliphatic hydroxyl groups is 1. The van der Waals surface area contributed by atoms with Gasteiger partial charge >= 0.3 is 17.9 Å². The number of hydrogen-bond acceptors (Lipinski definition) is 7. The van der Waals surface area contributed by atoms with Gasteiger partial charge in [-0.25, -0.2) is 9.59 Å². The Morgan fingerprint density at radius 2 is 1.38 bits per heavy atom. The molecule has 1 N–H and O–H groups in total. The minimum Gasteiger partial charge on any atom is -0.463 e. The Morgan fingerprint density at radius 1 is 0.809 bits per heavy atom. The van der Waals surface area contributed by atoms with Crippen LogP contribution < -0.4 is 0 Å². The van der Waals surface area contributed by atoms with Crippen LogP contribution in [0.4, 0.5) is 0 Å². The van der Waals surface area contributed by atoms with Crippen molar-refractivity contribution in [1.29, 1.82) is 0 Å². The average Bonchev–Trinajstić information content (AvgIpc) is 3.39. The number of allylic oxidation sites excluding steroid dienone is 2. The number of carbonyl (C=O) groups is 3. The summed E-state index contributed by atoms with van der Waals surface area (Å²) in [6.45, 7) is 3.66. The van der Waals surface area contributed by atoms with Crippen molar-refractivity contribution in [3.8, 4) is 0 Å². The lowest BCUT2D eigenvalue weighted by molar-refractivity contribution is -0.147. The molecule has 248 valence electrons.